The number of aliphatic hydroxyl groups is 1. The fourth-order valence-electron chi connectivity index (χ4n) is 2.12. The molecule has 0 aliphatic heterocycles. The molecule has 0 spiro atoms. The average molecular weight is 237 g/mol. The van der Waals surface area contributed by atoms with Gasteiger partial charge < -0.3 is 14.7 Å². The number of nitrogens with zero attached hydrogens (tertiary/aromatic N) is 1. The average Bonchev–Trinajstić information content (AvgIpc) is 2.34. The third-order valence-electron chi connectivity index (χ3n) is 2.90. The third kappa shape index (κ3) is 3.13. The van der Waals surface area contributed by atoms with Gasteiger partial charge >= 0.3 is 0 Å². The van der Waals surface area contributed by atoms with Gasteiger partial charge in [0.25, 0.3) is 0 Å². The molecule has 96 valence electrons. The summed E-state index contributed by atoms with van der Waals surface area (Å²) >= 11 is 0. The number of hydrogen-bond acceptors (Lipinski definition) is 3. The van der Waals surface area contributed by atoms with Crippen molar-refractivity contribution in [3.8, 4) is 5.75 Å². The first-order valence-corrected chi connectivity index (χ1v) is 6.25. The van der Waals surface area contributed by atoms with Gasteiger partial charge in [-0.3, -0.25) is 0 Å². The van der Waals surface area contributed by atoms with Gasteiger partial charge in [-0.1, -0.05) is 13.0 Å². The molecule has 1 N–H and O–H groups in total. The first-order valence-electron chi connectivity index (χ1n) is 6.25. The molecule has 1 rings (SSSR count). The van der Waals surface area contributed by atoms with E-state index in [0.29, 0.717) is 0 Å². The molecule has 0 radical (unpaired) electrons. The largest absolute Gasteiger partial charge is 0.496 e. The second-order valence-electron chi connectivity index (χ2n) is 4.15. The predicted octanol–water partition coefficient (Wildman–Crippen LogP) is 2.98. The summed E-state index contributed by atoms with van der Waals surface area (Å²) in [5, 5.41) is 9.92. The smallest absolute Gasteiger partial charge is 0.126 e. The van der Waals surface area contributed by atoms with Crippen LogP contribution in [0.3, 0.4) is 0 Å². The van der Waals surface area contributed by atoms with Crippen molar-refractivity contribution in [1.82, 2.24) is 0 Å². The van der Waals surface area contributed by atoms with Crippen LogP contribution in [0.2, 0.25) is 0 Å². The fraction of sp³-hybridized carbons (Fsp3) is 0.571. The van der Waals surface area contributed by atoms with Gasteiger partial charge in [0.05, 0.1) is 13.2 Å². The normalized spacial score (nSPS) is 12.3. The molecular weight excluding hydrogens is 214 g/mol. The molecule has 0 heterocycles. The molecule has 0 aliphatic carbocycles. The summed E-state index contributed by atoms with van der Waals surface area (Å²) in [6.07, 6.45) is 0.566. The van der Waals surface area contributed by atoms with Gasteiger partial charge in [0.1, 0.15) is 5.75 Å². The molecule has 3 nitrogen and oxygen atoms in total. The molecule has 0 bridgehead atoms. The number of rotatable bonds is 6. The Labute approximate surface area is 104 Å². The van der Waals surface area contributed by atoms with Gasteiger partial charge in [-0.05, 0) is 32.4 Å². The second kappa shape index (κ2) is 6.50. The fourth-order valence-corrected chi connectivity index (χ4v) is 2.12. The van der Waals surface area contributed by atoms with E-state index < -0.39 is 6.10 Å². The Morgan fingerprint density at radius 2 is 2.06 bits per heavy atom. The van der Waals surface area contributed by atoms with Gasteiger partial charge in [0.2, 0.25) is 0 Å². The van der Waals surface area contributed by atoms with Crippen molar-refractivity contribution in [3.05, 3.63) is 23.8 Å². The van der Waals surface area contributed by atoms with E-state index in [1.54, 1.807) is 14.0 Å². The van der Waals surface area contributed by atoms with E-state index in [4.69, 9.17) is 4.74 Å². The van der Waals surface area contributed by atoms with Crippen LogP contribution in [0.15, 0.2) is 18.2 Å². The highest BCUT2D eigenvalue weighted by Crippen LogP contribution is 2.34. The monoisotopic (exact) mass is 237 g/mol. The van der Waals surface area contributed by atoms with Crippen molar-refractivity contribution in [2.24, 2.45) is 0 Å². The maximum absolute atomic E-state index is 9.92. The van der Waals surface area contributed by atoms with Crippen molar-refractivity contribution in [3.63, 3.8) is 0 Å². The minimum absolute atomic E-state index is 0.521. The number of benzene rings is 1. The molecule has 17 heavy (non-hydrogen) atoms. The van der Waals surface area contributed by atoms with Gasteiger partial charge in [0, 0.05) is 24.3 Å². The van der Waals surface area contributed by atoms with E-state index in [9.17, 15) is 5.11 Å². The predicted molar refractivity (Wildman–Crippen MR) is 71.8 cm³/mol. The van der Waals surface area contributed by atoms with Gasteiger partial charge in [0.15, 0.2) is 0 Å². The lowest BCUT2D eigenvalue weighted by Crippen LogP contribution is -2.25. The van der Waals surface area contributed by atoms with Crippen molar-refractivity contribution in [2.75, 3.05) is 25.1 Å². The maximum atomic E-state index is 9.92. The SMILES string of the molecule is CCCN(CC)c1cccc(OC)c1[C@H](C)O. The molecule has 0 fully saturated rings. The lowest BCUT2D eigenvalue weighted by Gasteiger charge is -2.27. The Hall–Kier alpha value is -1.22. The topological polar surface area (TPSA) is 32.7 Å². The molecule has 3 heteroatoms. The number of ether oxygens (including phenoxy) is 1. The van der Waals surface area contributed by atoms with Crippen LogP contribution >= 0.6 is 0 Å². The van der Waals surface area contributed by atoms with Crippen LogP contribution in [0.4, 0.5) is 5.69 Å². The molecule has 0 saturated heterocycles. The molecule has 0 aliphatic rings. The lowest BCUT2D eigenvalue weighted by molar-refractivity contribution is 0.194. The number of anilines is 1. The van der Waals surface area contributed by atoms with Crippen molar-refractivity contribution >= 4 is 5.69 Å². The highest BCUT2D eigenvalue weighted by atomic mass is 16.5. The summed E-state index contributed by atoms with van der Waals surface area (Å²) in [6.45, 7) is 7.98. The summed E-state index contributed by atoms with van der Waals surface area (Å²) in [6, 6.07) is 5.91. The zero-order valence-corrected chi connectivity index (χ0v) is 11.2. The number of hydrogen-bond donors (Lipinski definition) is 1. The van der Waals surface area contributed by atoms with E-state index >= 15 is 0 Å². The minimum atomic E-state index is -0.521. The summed E-state index contributed by atoms with van der Waals surface area (Å²) in [5.41, 5.74) is 1.95. The van der Waals surface area contributed by atoms with Gasteiger partial charge in [-0.2, -0.15) is 0 Å². The first-order chi connectivity index (χ1) is 8.15. The molecular formula is C14H23NO2. The maximum Gasteiger partial charge on any atom is 0.126 e. The summed E-state index contributed by atoms with van der Waals surface area (Å²) in [7, 11) is 1.64. The Balaban J connectivity index is 3.20. The zero-order chi connectivity index (χ0) is 12.8. The molecule has 0 aromatic heterocycles. The van der Waals surface area contributed by atoms with Gasteiger partial charge in [-0.25, -0.2) is 0 Å². The van der Waals surface area contributed by atoms with Crippen LogP contribution in [0, 0.1) is 0 Å². The van der Waals surface area contributed by atoms with Gasteiger partial charge in [-0.15, -0.1) is 0 Å². The van der Waals surface area contributed by atoms with E-state index in [1.807, 2.05) is 18.2 Å². The van der Waals surface area contributed by atoms with E-state index in [0.717, 1.165) is 36.5 Å². The zero-order valence-electron chi connectivity index (χ0n) is 11.2. The van der Waals surface area contributed by atoms with E-state index in [1.165, 1.54) is 0 Å². The third-order valence-corrected chi connectivity index (χ3v) is 2.90. The van der Waals surface area contributed by atoms with Crippen molar-refractivity contribution < 1.29 is 9.84 Å². The number of aliphatic hydroxyl groups excluding tert-OH is 1. The van der Waals surface area contributed by atoms with Crippen LogP contribution in [-0.2, 0) is 0 Å². The Bertz CT molecular complexity index is 350. The summed E-state index contributed by atoms with van der Waals surface area (Å²) in [5.74, 6) is 0.757. The highest BCUT2D eigenvalue weighted by molar-refractivity contribution is 5.60. The van der Waals surface area contributed by atoms with E-state index in [2.05, 4.69) is 18.7 Å². The minimum Gasteiger partial charge on any atom is -0.496 e. The van der Waals surface area contributed by atoms with Crippen LogP contribution in [-0.4, -0.2) is 25.3 Å². The van der Waals surface area contributed by atoms with Crippen molar-refractivity contribution in [1.29, 1.82) is 0 Å². The second-order valence-corrected chi connectivity index (χ2v) is 4.15. The van der Waals surface area contributed by atoms with Crippen LogP contribution in [0.25, 0.3) is 0 Å². The highest BCUT2D eigenvalue weighted by Gasteiger charge is 2.17. The summed E-state index contributed by atoms with van der Waals surface area (Å²) < 4.78 is 5.33. The van der Waals surface area contributed by atoms with E-state index in [-0.39, 0.29) is 0 Å². The first kappa shape index (κ1) is 13.8. The van der Waals surface area contributed by atoms with Crippen LogP contribution in [0.5, 0.6) is 5.75 Å². The molecule has 0 saturated carbocycles. The van der Waals surface area contributed by atoms with Crippen LogP contribution in [0.1, 0.15) is 38.9 Å². The number of methoxy groups -OCH3 is 1. The van der Waals surface area contributed by atoms with Crippen molar-refractivity contribution in [2.45, 2.75) is 33.3 Å². The standard InChI is InChI=1S/C14H23NO2/c1-5-10-15(6-2)12-8-7-9-13(17-4)14(12)11(3)16/h7-9,11,16H,5-6,10H2,1-4H3/t11-/m0/s1. The lowest BCUT2D eigenvalue weighted by atomic mass is 10.1. The molecule has 0 unspecified atom stereocenters. The Kier molecular flexibility index (Phi) is 5.29. The molecule has 0 amide bonds. The molecule has 1 aromatic carbocycles. The summed E-state index contributed by atoms with van der Waals surface area (Å²) in [4.78, 5) is 2.27. The van der Waals surface area contributed by atoms with Crippen LogP contribution < -0.4 is 9.64 Å². The Morgan fingerprint density at radius 3 is 2.53 bits per heavy atom. The Morgan fingerprint density at radius 1 is 1.35 bits per heavy atom. The molecule has 1 atom stereocenters. The quantitative estimate of drug-likeness (QED) is 0.825. The molecule has 1 aromatic rings.